The zero-order chi connectivity index (χ0) is 15.8. The average molecular weight is 313 g/mol. The number of urea groups is 1. The largest absolute Gasteiger partial charge is 0.479 e. The molecular formula is C15H21ClN2O3. The molecule has 1 atom stereocenters. The number of halogens is 1. The number of rotatable bonds is 7. The van der Waals surface area contributed by atoms with E-state index < -0.39 is 18.0 Å². The highest BCUT2D eigenvalue weighted by Crippen LogP contribution is 2.23. The second kappa shape index (κ2) is 8.52. The topological polar surface area (TPSA) is 69.6 Å². The Kier molecular flexibility index (Phi) is 7.02. The van der Waals surface area contributed by atoms with Crippen LogP contribution in [0.15, 0.2) is 24.3 Å². The van der Waals surface area contributed by atoms with E-state index >= 15 is 0 Å². The molecule has 1 aromatic carbocycles. The molecule has 2 amide bonds. The van der Waals surface area contributed by atoms with Crippen molar-refractivity contribution in [1.82, 2.24) is 10.2 Å². The van der Waals surface area contributed by atoms with E-state index in [4.69, 9.17) is 11.6 Å². The van der Waals surface area contributed by atoms with Gasteiger partial charge in [-0.1, -0.05) is 49.6 Å². The molecule has 0 saturated heterocycles. The average Bonchev–Trinajstić information content (AvgIpc) is 2.45. The molecule has 0 spiro atoms. The van der Waals surface area contributed by atoms with E-state index in [9.17, 15) is 14.7 Å². The molecule has 0 unspecified atom stereocenters. The number of hydrogen-bond acceptors (Lipinski definition) is 2. The van der Waals surface area contributed by atoms with Crippen molar-refractivity contribution in [3.63, 3.8) is 0 Å². The lowest BCUT2D eigenvalue weighted by molar-refractivity contribution is -0.139. The van der Waals surface area contributed by atoms with Crippen molar-refractivity contribution in [3.8, 4) is 0 Å². The molecule has 0 heterocycles. The third kappa shape index (κ3) is 5.27. The van der Waals surface area contributed by atoms with Crippen LogP contribution in [0.3, 0.4) is 0 Å². The molecule has 0 fully saturated rings. The molecule has 2 N–H and O–H groups in total. The summed E-state index contributed by atoms with van der Waals surface area (Å²) in [6.07, 6.45) is 2.99. The van der Waals surface area contributed by atoms with Crippen molar-refractivity contribution in [3.05, 3.63) is 34.9 Å². The second-order valence-electron chi connectivity index (χ2n) is 4.87. The van der Waals surface area contributed by atoms with E-state index in [1.165, 1.54) is 4.90 Å². The monoisotopic (exact) mass is 312 g/mol. The van der Waals surface area contributed by atoms with E-state index in [2.05, 4.69) is 12.2 Å². The SMILES string of the molecule is CCCCCN(C)C(=O)N[C@@H](C(=O)O)c1ccccc1Cl. The summed E-state index contributed by atoms with van der Waals surface area (Å²) in [6, 6.07) is 5.03. The number of carboxylic acids is 1. The lowest BCUT2D eigenvalue weighted by atomic mass is 10.1. The Morgan fingerprint density at radius 1 is 1.33 bits per heavy atom. The first kappa shape index (κ1) is 17.3. The molecule has 0 aliphatic rings. The van der Waals surface area contributed by atoms with Crippen LogP contribution in [0.2, 0.25) is 5.02 Å². The first-order valence-corrected chi connectivity index (χ1v) is 7.34. The van der Waals surface area contributed by atoms with E-state index in [0.717, 1.165) is 19.3 Å². The standard InChI is InChI=1S/C15H21ClN2O3/c1-3-4-7-10-18(2)15(21)17-13(14(19)20)11-8-5-6-9-12(11)16/h5-6,8-9,13H,3-4,7,10H2,1-2H3,(H,17,21)(H,19,20)/t13-/m1/s1. The third-order valence-corrected chi connectivity index (χ3v) is 3.52. The fraction of sp³-hybridized carbons (Fsp3) is 0.467. The number of carboxylic acid groups (broad SMARTS) is 1. The molecule has 0 bridgehead atoms. The Labute approximate surface area is 129 Å². The van der Waals surface area contributed by atoms with Gasteiger partial charge in [-0.15, -0.1) is 0 Å². The highest BCUT2D eigenvalue weighted by atomic mass is 35.5. The molecule has 1 rings (SSSR count). The van der Waals surface area contributed by atoms with Gasteiger partial charge in [0.2, 0.25) is 0 Å². The zero-order valence-electron chi connectivity index (χ0n) is 12.3. The van der Waals surface area contributed by atoms with Crippen molar-refractivity contribution in [2.45, 2.75) is 32.2 Å². The normalized spacial score (nSPS) is 11.8. The third-order valence-electron chi connectivity index (χ3n) is 3.17. The fourth-order valence-electron chi connectivity index (χ4n) is 1.92. The van der Waals surface area contributed by atoms with Gasteiger partial charge in [0.05, 0.1) is 0 Å². The first-order valence-electron chi connectivity index (χ1n) is 6.96. The van der Waals surface area contributed by atoms with Gasteiger partial charge >= 0.3 is 12.0 Å². The van der Waals surface area contributed by atoms with E-state index in [0.29, 0.717) is 17.1 Å². The Morgan fingerprint density at radius 3 is 2.57 bits per heavy atom. The fourth-order valence-corrected chi connectivity index (χ4v) is 2.16. The summed E-state index contributed by atoms with van der Waals surface area (Å²) in [5, 5.41) is 12.1. The highest BCUT2D eigenvalue weighted by molar-refractivity contribution is 6.31. The summed E-state index contributed by atoms with van der Waals surface area (Å²) in [5.41, 5.74) is 0.377. The molecule has 0 aliphatic heterocycles. The predicted octanol–water partition coefficient (Wildman–Crippen LogP) is 3.30. The van der Waals surface area contributed by atoms with Crippen LogP contribution in [0.4, 0.5) is 4.79 Å². The van der Waals surface area contributed by atoms with Crippen molar-refractivity contribution < 1.29 is 14.7 Å². The Hall–Kier alpha value is -1.75. The Morgan fingerprint density at radius 2 is 2.00 bits per heavy atom. The van der Waals surface area contributed by atoms with E-state index in [1.807, 2.05) is 0 Å². The van der Waals surface area contributed by atoms with Crippen LogP contribution in [0.5, 0.6) is 0 Å². The molecule has 1 aromatic rings. The number of hydrogen-bond donors (Lipinski definition) is 2. The maximum absolute atomic E-state index is 12.0. The number of amides is 2. The van der Waals surface area contributed by atoms with Crippen LogP contribution in [0.1, 0.15) is 37.8 Å². The van der Waals surface area contributed by atoms with E-state index in [1.54, 1.807) is 31.3 Å². The smallest absolute Gasteiger partial charge is 0.331 e. The first-order chi connectivity index (χ1) is 9.97. The van der Waals surface area contributed by atoms with Gasteiger partial charge in [0.1, 0.15) is 0 Å². The number of carbonyl (C=O) groups excluding carboxylic acids is 1. The molecule has 6 heteroatoms. The van der Waals surface area contributed by atoms with Gasteiger partial charge in [-0.05, 0) is 12.5 Å². The highest BCUT2D eigenvalue weighted by Gasteiger charge is 2.25. The second-order valence-corrected chi connectivity index (χ2v) is 5.28. The van der Waals surface area contributed by atoms with Crippen molar-refractivity contribution in [2.75, 3.05) is 13.6 Å². The number of nitrogens with zero attached hydrogens (tertiary/aromatic N) is 1. The molecule has 116 valence electrons. The lowest BCUT2D eigenvalue weighted by Gasteiger charge is -2.22. The van der Waals surface area contributed by atoms with Crippen LogP contribution in [0, 0.1) is 0 Å². The summed E-state index contributed by atoms with van der Waals surface area (Å²) in [4.78, 5) is 24.9. The summed E-state index contributed by atoms with van der Waals surface area (Å²) in [7, 11) is 1.65. The number of benzene rings is 1. The molecule has 0 aromatic heterocycles. The number of aliphatic carboxylic acids is 1. The Bertz CT molecular complexity index is 494. The number of nitrogens with one attached hydrogen (secondary N) is 1. The molecule has 0 aliphatic carbocycles. The number of carbonyl (C=O) groups is 2. The van der Waals surface area contributed by atoms with Gasteiger partial charge in [-0.2, -0.15) is 0 Å². The summed E-state index contributed by atoms with van der Waals surface area (Å²) in [5.74, 6) is -1.14. The molecule has 0 saturated carbocycles. The number of unbranched alkanes of at least 4 members (excludes halogenated alkanes) is 2. The maximum atomic E-state index is 12.0. The van der Waals surface area contributed by atoms with Crippen molar-refractivity contribution in [2.24, 2.45) is 0 Å². The summed E-state index contributed by atoms with van der Waals surface area (Å²) >= 11 is 6.00. The molecule has 21 heavy (non-hydrogen) atoms. The van der Waals surface area contributed by atoms with Crippen molar-refractivity contribution >= 4 is 23.6 Å². The molecular weight excluding hydrogens is 292 g/mol. The van der Waals surface area contributed by atoms with Crippen LogP contribution in [-0.2, 0) is 4.79 Å². The van der Waals surface area contributed by atoms with Gasteiger partial charge in [0.15, 0.2) is 6.04 Å². The maximum Gasteiger partial charge on any atom is 0.331 e. The van der Waals surface area contributed by atoms with Gasteiger partial charge in [-0.3, -0.25) is 0 Å². The van der Waals surface area contributed by atoms with Gasteiger partial charge in [0, 0.05) is 24.2 Å². The minimum Gasteiger partial charge on any atom is -0.479 e. The molecule has 0 radical (unpaired) electrons. The lowest BCUT2D eigenvalue weighted by Crippen LogP contribution is -2.42. The van der Waals surface area contributed by atoms with E-state index in [-0.39, 0.29) is 0 Å². The van der Waals surface area contributed by atoms with Crippen LogP contribution in [0.25, 0.3) is 0 Å². The summed E-state index contributed by atoms with van der Waals surface area (Å²) < 4.78 is 0. The van der Waals surface area contributed by atoms with Crippen LogP contribution >= 0.6 is 11.6 Å². The minimum absolute atomic E-state index is 0.318. The van der Waals surface area contributed by atoms with Crippen LogP contribution in [-0.4, -0.2) is 35.6 Å². The quantitative estimate of drug-likeness (QED) is 0.759. The van der Waals surface area contributed by atoms with Crippen LogP contribution < -0.4 is 5.32 Å². The summed E-state index contributed by atoms with van der Waals surface area (Å²) in [6.45, 7) is 2.67. The predicted molar refractivity (Wildman–Crippen MR) is 82.5 cm³/mol. The minimum atomic E-state index is -1.15. The van der Waals surface area contributed by atoms with Gasteiger partial charge in [-0.25, -0.2) is 9.59 Å². The van der Waals surface area contributed by atoms with Crippen molar-refractivity contribution in [1.29, 1.82) is 0 Å². The zero-order valence-corrected chi connectivity index (χ0v) is 13.1. The Balaban J connectivity index is 2.73. The van der Waals surface area contributed by atoms with Gasteiger partial charge in [0.25, 0.3) is 0 Å². The molecule has 5 nitrogen and oxygen atoms in total. The van der Waals surface area contributed by atoms with Gasteiger partial charge < -0.3 is 15.3 Å².